The van der Waals surface area contributed by atoms with Crippen LogP contribution in [0.25, 0.3) is 11.0 Å². The number of para-hydroxylation sites is 1. The van der Waals surface area contributed by atoms with Crippen LogP contribution in [-0.2, 0) is 11.3 Å². The number of thiocarbonyl (C=S) groups is 1. The Hall–Kier alpha value is -3.15. The lowest BCUT2D eigenvalue weighted by atomic mass is 10.1. The van der Waals surface area contributed by atoms with E-state index in [9.17, 15) is 18.0 Å². The summed E-state index contributed by atoms with van der Waals surface area (Å²) < 4.78 is 53.4. The monoisotopic (exact) mass is 482 g/mol. The minimum Gasteiger partial charge on any atom is -0.492 e. The van der Waals surface area contributed by atoms with Crippen molar-refractivity contribution in [3.8, 4) is 5.75 Å². The highest BCUT2D eigenvalue weighted by Gasteiger charge is 2.27. The van der Waals surface area contributed by atoms with E-state index in [2.05, 4.69) is 5.32 Å². The normalized spacial score (nSPS) is 11.4. The summed E-state index contributed by atoms with van der Waals surface area (Å²) in [5.41, 5.74) is 3.33. The lowest BCUT2D eigenvalue weighted by Gasteiger charge is -2.09. The molecule has 7 nitrogen and oxygen atoms in total. The summed E-state index contributed by atoms with van der Waals surface area (Å²) in [6, 6.07) is 13.5. The molecule has 11 heteroatoms. The van der Waals surface area contributed by atoms with Crippen LogP contribution in [-0.4, -0.2) is 42.0 Å². The van der Waals surface area contributed by atoms with E-state index >= 15 is 0 Å². The van der Waals surface area contributed by atoms with Gasteiger partial charge in [0.05, 0.1) is 26.2 Å². The smallest absolute Gasteiger partial charge is 0.391 e. The van der Waals surface area contributed by atoms with E-state index in [1.807, 2.05) is 5.48 Å². The number of carbonyl (C=O) groups is 1. The maximum Gasteiger partial charge on any atom is 0.391 e. The fourth-order valence-electron chi connectivity index (χ4n) is 2.97. The number of fused-ring (bicyclic) bond motifs is 1. The molecular formula is C22H21F3N2O5S. The Bertz CT molecular complexity index is 1100. The van der Waals surface area contributed by atoms with Crippen LogP contribution in [0.4, 0.5) is 13.2 Å². The van der Waals surface area contributed by atoms with Gasteiger partial charge in [0, 0.05) is 16.5 Å². The third kappa shape index (κ3) is 6.91. The molecule has 0 aliphatic carbocycles. The van der Waals surface area contributed by atoms with Gasteiger partial charge < -0.3 is 19.2 Å². The molecule has 0 aliphatic heterocycles. The van der Waals surface area contributed by atoms with Gasteiger partial charge in [-0.3, -0.25) is 15.5 Å². The second kappa shape index (κ2) is 11.1. The molecule has 0 spiro atoms. The summed E-state index contributed by atoms with van der Waals surface area (Å²) in [5.74, 6) is -0.00672. The van der Waals surface area contributed by atoms with Crippen LogP contribution in [0.5, 0.6) is 5.75 Å². The van der Waals surface area contributed by atoms with Gasteiger partial charge in [-0.05, 0) is 30.3 Å². The van der Waals surface area contributed by atoms with Gasteiger partial charge in [0.25, 0.3) is 5.91 Å². The molecule has 1 heterocycles. The van der Waals surface area contributed by atoms with E-state index in [1.165, 1.54) is 0 Å². The number of benzene rings is 2. The number of nitrogens with one attached hydrogen (secondary N) is 2. The maximum atomic E-state index is 12.7. The van der Waals surface area contributed by atoms with Crippen LogP contribution in [0.1, 0.15) is 28.1 Å². The summed E-state index contributed by atoms with van der Waals surface area (Å²) in [7, 11) is 0. The minimum absolute atomic E-state index is 0.0161. The number of carbonyl (C=O) groups excluding carboxylic acids is 1. The van der Waals surface area contributed by atoms with Crippen LogP contribution in [0.15, 0.2) is 52.9 Å². The Labute approximate surface area is 192 Å². The molecule has 3 rings (SSSR count). The molecular weight excluding hydrogens is 461 g/mol. The van der Waals surface area contributed by atoms with E-state index in [-0.39, 0.29) is 30.5 Å². The van der Waals surface area contributed by atoms with Gasteiger partial charge in [0.2, 0.25) is 0 Å². The quantitative estimate of drug-likeness (QED) is 0.225. The van der Waals surface area contributed by atoms with Crippen molar-refractivity contribution in [2.45, 2.75) is 19.2 Å². The van der Waals surface area contributed by atoms with Crippen molar-refractivity contribution in [3.05, 3.63) is 65.4 Å². The van der Waals surface area contributed by atoms with Crippen molar-refractivity contribution in [1.82, 2.24) is 10.8 Å². The minimum atomic E-state index is -4.32. The first-order valence-corrected chi connectivity index (χ1v) is 10.3. The van der Waals surface area contributed by atoms with Gasteiger partial charge in [0.15, 0.2) is 5.76 Å². The first-order valence-electron chi connectivity index (χ1n) is 9.89. The fraction of sp³-hybridized carbons (Fsp3) is 0.273. The number of furan rings is 1. The summed E-state index contributed by atoms with van der Waals surface area (Å²) in [6.45, 7) is -0.396. The van der Waals surface area contributed by atoms with Gasteiger partial charge in [-0.25, -0.2) is 0 Å². The van der Waals surface area contributed by atoms with Crippen molar-refractivity contribution in [1.29, 1.82) is 0 Å². The molecule has 0 fully saturated rings. The van der Waals surface area contributed by atoms with Gasteiger partial charge in [0.1, 0.15) is 22.9 Å². The number of amides is 1. The molecule has 176 valence electrons. The first kappa shape index (κ1) is 24.5. The van der Waals surface area contributed by atoms with Crippen LogP contribution in [0, 0.1) is 0 Å². The number of hydrogen-bond acceptors (Lipinski definition) is 6. The zero-order valence-electron chi connectivity index (χ0n) is 17.3. The molecule has 1 aromatic heterocycles. The Morgan fingerprint density at radius 1 is 1.09 bits per heavy atom. The number of ether oxygens (including phenoxy) is 2. The molecule has 0 radical (unpaired) electrons. The first-order chi connectivity index (χ1) is 15.8. The zero-order valence-corrected chi connectivity index (χ0v) is 18.1. The largest absolute Gasteiger partial charge is 0.492 e. The third-order valence-corrected chi connectivity index (χ3v) is 4.88. The van der Waals surface area contributed by atoms with Crippen molar-refractivity contribution >= 4 is 34.1 Å². The van der Waals surface area contributed by atoms with Gasteiger partial charge in [-0.1, -0.05) is 30.4 Å². The molecule has 0 saturated heterocycles. The topological polar surface area (TPSA) is 93.0 Å². The molecule has 0 atom stereocenters. The van der Waals surface area contributed by atoms with Gasteiger partial charge in [-0.2, -0.15) is 13.2 Å². The molecule has 33 heavy (non-hydrogen) atoms. The van der Waals surface area contributed by atoms with Crippen molar-refractivity contribution in [2.24, 2.45) is 0 Å². The predicted molar refractivity (Wildman–Crippen MR) is 117 cm³/mol. The van der Waals surface area contributed by atoms with Gasteiger partial charge >= 0.3 is 6.18 Å². The van der Waals surface area contributed by atoms with E-state index in [0.717, 1.165) is 0 Å². The predicted octanol–water partition coefficient (Wildman–Crippen LogP) is 4.36. The Morgan fingerprint density at radius 3 is 2.52 bits per heavy atom. The Morgan fingerprint density at radius 2 is 1.82 bits per heavy atom. The van der Waals surface area contributed by atoms with E-state index in [4.69, 9.17) is 31.3 Å². The second-order valence-corrected chi connectivity index (χ2v) is 7.30. The van der Waals surface area contributed by atoms with Crippen LogP contribution < -0.4 is 15.5 Å². The fourth-order valence-corrected chi connectivity index (χ4v) is 3.10. The third-order valence-electron chi connectivity index (χ3n) is 4.56. The SMILES string of the molecule is O=C(NCCOc1ccc(C(=S)NO)cc1)c1oc2ccccc2c1COCCC(F)(F)F. The van der Waals surface area contributed by atoms with Crippen LogP contribution in [0.3, 0.4) is 0 Å². The summed E-state index contributed by atoms with van der Waals surface area (Å²) in [6.07, 6.45) is -5.40. The lowest BCUT2D eigenvalue weighted by Crippen LogP contribution is -2.28. The van der Waals surface area contributed by atoms with E-state index < -0.39 is 25.1 Å². The number of hydrogen-bond donors (Lipinski definition) is 3. The number of rotatable bonds is 10. The number of halogens is 3. The van der Waals surface area contributed by atoms with Crippen molar-refractivity contribution < 1.29 is 37.1 Å². The zero-order chi connectivity index (χ0) is 23.8. The maximum absolute atomic E-state index is 12.7. The highest BCUT2D eigenvalue weighted by atomic mass is 32.1. The molecule has 0 aliphatic rings. The molecule has 3 N–H and O–H groups in total. The standard InChI is InChI=1S/C22H21F3N2O5S/c23-22(24,25)9-11-30-13-17-16-3-1-2-4-18(16)32-19(17)20(28)26-10-12-31-15-7-5-14(6-8-15)21(33)27-29/h1-8,29H,9-13H2,(H,26,28)(H,27,33). The molecule has 3 aromatic rings. The summed E-state index contributed by atoms with van der Waals surface area (Å²) in [5, 5.41) is 12.1. The highest BCUT2D eigenvalue weighted by molar-refractivity contribution is 7.80. The lowest BCUT2D eigenvalue weighted by molar-refractivity contribution is -0.146. The number of alkyl halides is 3. The molecule has 0 saturated carbocycles. The van der Waals surface area contributed by atoms with Crippen molar-refractivity contribution in [3.63, 3.8) is 0 Å². The van der Waals surface area contributed by atoms with Crippen LogP contribution in [0.2, 0.25) is 0 Å². The molecule has 0 unspecified atom stereocenters. The van der Waals surface area contributed by atoms with Crippen molar-refractivity contribution in [2.75, 3.05) is 19.8 Å². The average Bonchev–Trinajstić information content (AvgIpc) is 3.17. The van der Waals surface area contributed by atoms with Crippen LogP contribution >= 0.6 is 12.2 Å². The molecule has 2 aromatic carbocycles. The number of hydroxylamine groups is 1. The summed E-state index contributed by atoms with van der Waals surface area (Å²) >= 11 is 4.91. The second-order valence-electron chi connectivity index (χ2n) is 6.89. The van der Waals surface area contributed by atoms with E-state index in [1.54, 1.807) is 48.5 Å². The average molecular weight is 482 g/mol. The van der Waals surface area contributed by atoms with E-state index in [0.29, 0.717) is 27.8 Å². The molecule has 1 amide bonds. The highest BCUT2D eigenvalue weighted by Crippen LogP contribution is 2.27. The Kier molecular flexibility index (Phi) is 8.26. The van der Waals surface area contributed by atoms with Gasteiger partial charge in [-0.15, -0.1) is 0 Å². The molecule has 0 bridgehead atoms. The Balaban J connectivity index is 1.57. The summed E-state index contributed by atoms with van der Waals surface area (Å²) in [4.78, 5) is 12.8.